The number of pyridine rings is 1. The second kappa shape index (κ2) is 8.77. The molecule has 1 unspecified atom stereocenters. The van der Waals surface area contributed by atoms with E-state index in [-0.39, 0.29) is 0 Å². The van der Waals surface area contributed by atoms with Gasteiger partial charge in [-0.05, 0) is 56.3 Å². The van der Waals surface area contributed by atoms with Crippen molar-refractivity contribution in [3.05, 3.63) is 65.5 Å². The van der Waals surface area contributed by atoms with Crippen LogP contribution in [0.4, 0.5) is 0 Å². The number of aromatic nitrogens is 1. The first-order valence-electron chi connectivity index (χ1n) is 7.66. The molecule has 1 atom stereocenters. The van der Waals surface area contributed by atoms with Crippen LogP contribution in [0.15, 0.2) is 48.8 Å². The largest absolute Gasteiger partial charge is 0.497 e. The molecular weight excluding hydrogens is 284 g/mol. The summed E-state index contributed by atoms with van der Waals surface area (Å²) >= 11 is 0. The van der Waals surface area contributed by atoms with Crippen molar-refractivity contribution in [2.45, 2.75) is 19.4 Å². The first-order valence-corrected chi connectivity index (χ1v) is 7.66. The fourth-order valence-electron chi connectivity index (χ4n) is 1.96. The van der Waals surface area contributed by atoms with Crippen LogP contribution < -0.4 is 10.1 Å². The van der Waals surface area contributed by atoms with Crippen LogP contribution in [-0.2, 0) is 0 Å². The van der Waals surface area contributed by atoms with Crippen molar-refractivity contribution in [1.82, 2.24) is 10.3 Å². The molecule has 118 valence electrons. The van der Waals surface area contributed by atoms with Gasteiger partial charge in [-0.25, -0.2) is 0 Å². The molecule has 0 fully saturated rings. The molecule has 2 aromatic rings. The molecule has 0 radical (unpaired) electrons. The highest BCUT2D eigenvalue weighted by Crippen LogP contribution is 2.11. The SMILES string of the molecule is CNC(C)C/C=C/c1cncc(C#Cc2ccc(OC)cc2)c1. The molecule has 0 saturated heterocycles. The third-order valence-corrected chi connectivity index (χ3v) is 3.49. The summed E-state index contributed by atoms with van der Waals surface area (Å²) in [6, 6.07) is 10.2. The van der Waals surface area contributed by atoms with Gasteiger partial charge >= 0.3 is 0 Å². The minimum Gasteiger partial charge on any atom is -0.497 e. The molecule has 23 heavy (non-hydrogen) atoms. The number of nitrogens with zero attached hydrogens (tertiary/aromatic N) is 1. The fraction of sp³-hybridized carbons (Fsp3) is 0.250. The maximum atomic E-state index is 5.14. The topological polar surface area (TPSA) is 34.2 Å². The van der Waals surface area contributed by atoms with Gasteiger partial charge in [0.1, 0.15) is 5.75 Å². The van der Waals surface area contributed by atoms with Crippen LogP contribution in [0.5, 0.6) is 5.75 Å². The molecule has 3 heteroatoms. The van der Waals surface area contributed by atoms with Gasteiger partial charge in [0.25, 0.3) is 0 Å². The molecule has 0 saturated carbocycles. The maximum Gasteiger partial charge on any atom is 0.118 e. The van der Waals surface area contributed by atoms with Crippen LogP contribution in [0.3, 0.4) is 0 Å². The van der Waals surface area contributed by atoms with Crippen molar-refractivity contribution >= 4 is 6.08 Å². The molecule has 0 aliphatic rings. The highest BCUT2D eigenvalue weighted by Gasteiger charge is 1.95. The monoisotopic (exact) mass is 306 g/mol. The summed E-state index contributed by atoms with van der Waals surface area (Å²) in [5, 5.41) is 3.21. The second-order valence-electron chi connectivity index (χ2n) is 5.31. The molecule has 0 bridgehead atoms. The Kier molecular flexibility index (Phi) is 6.40. The summed E-state index contributed by atoms with van der Waals surface area (Å²) in [5.74, 6) is 7.13. The Morgan fingerprint density at radius 3 is 2.61 bits per heavy atom. The van der Waals surface area contributed by atoms with Gasteiger partial charge in [-0.3, -0.25) is 4.98 Å². The van der Waals surface area contributed by atoms with Gasteiger partial charge < -0.3 is 10.1 Å². The van der Waals surface area contributed by atoms with E-state index in [9.17, 15) is 0 Å². The molecule has 1 N–H and O–H groups in total. The Balaban J connectivity index is 2.06. The van der Waals surface area contributed by atoms with E-state index in [1.165, 1.54) is 0 Å². The van der Waals surface area contributed by atoms with Crippen LogP contribution in [0.2, 0.25) is 0 Å². The third kappa shape index (κ3) is 5.61. The van der Waals surface area contributed by atoms with Crippen molar-refractivity contribution in [2.75, 3.05) is 14.2 Å². The average Bonchev–Trinajstić information content (AvgIpc) is 2.60. The van der Waals surface area contributed by atoms with Crippen LogP contribution in [0.1, 0.15) is 30.0 Å². The number of methoxy groups -OCH3 is 1. The average molecular weight is 306 g/mol. The van der Waals surface area contributed by atoms with E-state index in [2.05, 4.69) is 41.2 Å². The van der Waals surface area contributed by atoms with Crippen molar-refractivity contribution in [3.63, 3.8) is 0 Å². The summed E-state index contributed by atoms with van der Waals surface area (Å²) in [6.07, 6.45) is 8.85. The number of rotatable bonds is 5. The summed E-state index contributed by atoms with van der Waals surface area (Å²) in [7, 11) is 3.62. The van der Waals surface area contributed by atoms with Gasteiger partial charge in [0.05, 0.1) is 7.11 Å². The van der Waals surface area contributed by atoms with Crippen molar-refractivity contribution in [1.29, 1.82) is 0 Å². The van der Waals surface area contributed by atoms with E-state index < -0.39 is 0 Å². The zero-order valence-corrected chi connectivity index (χ0v) is 13.8. The number of benzene rings is 1. The van der Waals surface area contributed by atoms with E-state index in [0.29, 0.717) is 6.04 Å². The lowest BCUT2D eigenvalue weighted by Crippen LogP contribution is -2.19. The predicted molar refractivity (Wildman–Crippen MR) is 95.4 cm³/mol. The van der Waals surface area contributed by atoms with E-state index in [1.807, 2.05) is 43.6 Å². The van der Waals surface area contributed by atoms with Gasteiger partial charge in [0, 0.05) is 29.6 Å². The first-order chi connectivity index (χ1) is 11.2. The first kappa shape index (κ1) is 16.8. The van der Waals surface area contributed by atoms with E-state index >= 15 is 0 Å². The maximum absolute atomic E-state index is 5.14. The van der Waals surface area contributed by atoms with E-state index in [4.69, 9.17) is 4.74 Å². The predicted octanol–water partition coefficient (Wildman–Crippen LogP) is 3.50. The molecular formula is C20H22N2O. The third-order valence-electron chi connectivity index (χ3n) is 3.49. The quantitative estimate of drug-likeness (QED) is 0.859. The molecule has 2 rings (SSSR count). The molecule has 3 nitrogen and oxygen atoms in total. The van der Waals surface area contributed by atoms with Crippen molar-refractivity contribution in [3.8, 4) is 17.6 Å². The Morgan fingerprint density at radius 1 is 1.17 bits per heavy atom. The summed E-state index contributed by atoms with van der Waals surface area (Å²) in [4.78, 5) is 4.25. The summed E-state index contributed by atoms with van der Waals surface area (Å²) < 4.78 is 5.14. The van der Waals surface area contributed by atoms with Crippen molar-refractivity contribution < 1.29 is 4.74 Å². The number of hydrogen-bond donors (Lipinski definition) is 1. The minimum absolute atomic E-state index is 0.470. The number of ether oxygens (including phenoxy) is 1. The lowest BCUT2D eigenvalue weighted by molar-refractivity contribution is 0.415. The van der Waals surface area contributed by atoms with Crippen LogP contribution >= 0.6 is 0 Å². The molecule has 0 aliphatic heterocycles. The summed E-state index contributed by atoms with van der Waals surface area (Å²) in [5.41, 5.74) is 2.93. The van der Waals surface area contributed by atoms with E-state index in [1.54, 1.807) is 13.3 Å². The number of hydrogen-bond acceptors (Lipinski definition) is 3. The number of nitrogens with one attached hydrogen (secondary N) is 1. The summed E-state index contributed by atoms with van der Waals surface area (Å²) in [6.45, 7) is 2.15. The highest BCUT2D eigenvalue weighted by molar-refractivity contribution is 5.52. The van der Waals surface area contributed by atoms with Gasteiger partial charge in [-0.2, -0.15) is 0 Å². The Morgan fingerprint density at radius 2 is 1.91 bits per heavy atom. The van der Waals surface area contributed by atoms with Crippen LogP contribution in [0, 0.1) is 11.8 Å². The van der Waals surface area contributed by atoms with Crippen LogP contribution in [-0.4, -0.2) is 25.2 Å². The van der Waals surface area contributed by atoms with Gasteiger partial charge in [-0.1, -0.05) is 24.0 Å². The molecule has 1 aromatic carbocycles. The smallest absolute Gasteiger partial charge is 0.118 e. The lowest BCUT2D eigenvalue weighted by Gasteiger charge is -2.04. The van der Waals surface area contributed by atoms with E-state index in [0.717, 1.165) is 28.9 Å². The zero-order valence-electron chi connectivity index (χ0n) is 13.8. The molecule has 0 spiro atoms. The second-order valence-corrected chi connectivity index (χ2v) is 5.31. The zero-order chi connectivity index (χ0) is 16.5. The highest BCUT2D eigenvalue weighted by atomic mass is 16.5. The van der Waals surface area contributed by atoms with Gasteiger partial charge in [0.2, 0.25) is 0 Å². The Bertz CT molecular complexity index is 708. The fourth-order valence-corrected chi connectivity index (χ4v) is 1.96. The Labute approximate surface area is 138 Å². The minimum atomic E-state index is 0.470. The molecule has 0 aliphatic carbocycles. The molecule has 1 aromatic heterocycles. The normalized spacial score (nSPS) is 11.8. The lowest BCUT2D eigenvalue weighted by atomic mass is 10.1. The van der Waals surface area contributed by atoms with Gasteiger partial charge in [0.15, 0.2) is 0 Å². The standard InChI is InChI=1S/C20H22N2O/c1-16(21-2)5-4-6-18-13-19(15-22-14-18)8-7-17-9-11-20(23-3)12-10-17/h4,6,9-16,21H,5H2,1-3H3/b6-4+. The molecule has 0 amide bonds. The van der Waals surface area contributed by atoms with Crippen LogP contribution in [0.25, 0.3) is 6.08 Å². The molecule has 1 heterocycles. The Hall–Kier alpha value is -2.57. The van der Waals surface area contributed by atoms with Crippen molar-refractivity contribution in [2.24, 2.45) is 0 Å². The van der Waals surface area contributed by atoms with Gasteiger partial charge in [-0.15, -0.1) is 0 Å².